The second kappa shape index (κ2) is 6.75. The zero-order valence-electron chi connectivity index (χ0n) is 12.7. The molecule has 4 heteroatoms. The number of carbonyl (C=O) groups is 1. The van der Waals surface area contributed by atoms with Crippen molar-refractivity contribution in [1.29, 1.82) is 0 Å². The van der Waals surface area contributed by atoms with E-state index in [1.165, 1.54) is 6.08 Å². The van der Waals surface area contributed by atoms with Crippen LogP contribution in [0.25, 0.3) is 10.9 Å². The number of hydrogen-bond acceptors (Lipinski definition) is 4. The molecule has 3 rings (SSSR count). The fourth-order valence-corrected chi connectivity index (χ4v) is 2.28. The summed E-state index contributed by atoms with van der Waals surface area (Å²) < 4.78 is 5.08. The first-order valence-corrected chi connectivity index (χ1v) is 7.23. The topological polar surface area (TPSA) is 51.2 Å². The maximum atomic E-state index is 12.1. The van der Waals surface area contributed by atoms with Gasteiger partial charge in [-0.3, -0.25) is 9.78 Å². The summed E-state index contributed by atoms with van der Waals surface area (Å²) in [4.78, 5) is 16.5. The Kier molecular flexibility index (Phi) is 4.34. The van der Waals surface area contributed by atoms with Gasteiger partial charge in [0.25, 0.3) is 0 Å². The normalized spacial score (nSPS) is 10.8. The van der Waals surface area contributed by atoms with Crippen molar-refractivity contribution in [3.05, 3.63) is 78.6 Å². The zero-order valence-corrected chi connectivity index (χ0v) is 12.7. The van der Waals surface area contributed by atoms with E-state index < -0.39 is 0 Å². The summed E-state index contributed by atoms with van der Waals surface area (Å²) >= 11 is 0. The number of para-hydroxylation sites is 1. The highest BCUT2D eigenvalue weighted by molar-refractivity contribution is 6.04. The fraction of sp³-hybridized carbons (Fsp3) is 0.0526. The third kappa shape index (κ3) is 3.37. The molecule has 3 aromatic rings. The van der Waals surface area contributed by atoms with E-state index >= 15 is 0 Å². The van der Waals surface area contributed by atoms with Crippen LogP contribution in [0.2, 0.25) is 0 Å². The minimum absolute atomic E-state index is 0.0756. The molecule has 0 atom stereocenters. The van der Waals surface area contributed by atoms with E-state index in [2.05, 4.69) is 10.3 Å². The first-order chi connectivity index (χ1) is 11.3. The van der Waals surface area contributed by atoms with E-state index in [4.69, 9.17) is 4.74 Å². The van der Waals surface area contributed by atoms with Crippen LogP contribution in [-0.4, -0.2) is 17.9 Å². The van der Waals surface area contributed by atoms with Gasteiger partial charge >= 0.3 is 0 Å². The molecule has 1 aromatic heterocycles. The molecule has 2 aromatic carbocycles. The van der Waals surface area contributed by atoms with Crippen LogP contribution in [-0.2, 0) is 0 Å². The van der Waals surface area contributed by atoms with E-state index in [1.807, 2.05) is 30.3 Å². The number of benzene rings is 2. The van der Waals surface area contributed by atoms with Gasteiger partial charge in [0, 0.05) is 29.4 Å². The number of ketones is 1. The Balaban J connectivity index is 1.73. The predicted molar refractivity (Wildman–Crippen MR) is 91.8 cm³/mol. The molecule has 4 nitrogen and oxygen atoms in total. The summed E-state index contributed by atoms with van der Waals surface area (Å²) in [6, 6.07) is 16.8. The lowest BCUT2D eigenvalue weighted by molar-refractivity contribution is 0.104. The van der Waals surface area contributed by atoms with Gasteiger partial charge in [-0.2, -0.15) is 0 Å². The Morgan fingerprint density at radius 3 is 2.65 bits per heavy atom. The number of nitrogens with one attached hydrogen (secondary N) is 1. The Morgan fingerprint density at radius 1 is 1.09 bits per heavy atom. The number of hydrogen-bond donors (Lipinski definition) is 1. The standard InChI is InChI=1S/C19H16N2O2/c1-23-16-9-7-14(8-10-16)18(22)11-13-20-17-6-2-4-15-5-3-12-21-19(15)17/h2-13,20H,1H3/b13-11-. The van der Waals surface area contributed by atoms with Crippen molar-refractivity contribution in [1.82, 2.24) is 4.98 Å². The van der Waals surface area contributed by atoms with Crippen molar-refractivity contribution < 1.29 is 9.53 Å². The number of aromatic nitrogens is 1. The first kappa shape index (κ1) is 14.8. The van der Waals surface area contributed by atoms with Crippen molar-refractivity contribution in [2.45, 2.75) is 0 Å². The molecular weight excluding hydrogens is 288 g/mol. The van der Waals surface area contributed by atoms with Gasteiger partial charge in [-0.1, -0.05) is 18.2 Å². The number of rotatable bonds is 5. The zero-order chi connectivity index (χ0) is 16.1. The van der Waals surface area contributed by atoms with Crippen LogP contribution in [0.15, 0.2) is 73.1 Å². The largest absolute Gasteiger partial charge is 0.497 e. The maximum Gasteiger partial charge on any atom is 0.187 e. The molecule has 0 unspecified atom stereocenters. The highest BCUT2D eigenvalue weighted by atomic mass is 16.5. The van der Waals surface area contributed by atoms with E-state index in [0.29, 0.717) is 5.56 Å². The van der Waals surface area contributed by atoms with Gasteiger partial charge in [-0.05, 0) is 36.4 Å². The molecule has 0 aliphatic heterocycles. The quantitative estimate of drug-likeness (QED) is 0.570. The average molecular weight is 304 g/mol. The van der Waals surface area contributed by atoms with Crippen LogP contribution in [0, 0.1) is 0 Å². The SMILES string of the molecule is COc1ccc(C(=O)/C=C\Nc2cccc3cccnc23)cc1. The molecule has 0 aliphatic carbocycles. The second-order valence-electron chi connectivity index (χ2n) is 4.95. The number of methoxy groups -OCH3 is 1. The van der Waals surface area contributed by atoms with Crippen LogP contribution in [0.3, 0.4) is 0 Å². The van der Waals surface area contributed by atoms with Crippen molar-refractivity contribution in [3.63, 3.8) is 0 Å². The number of allylic oxidation sites excluding steroid dienone is 1. The summed E-state index contributed by atoms with van der Waals surface area (Å²) in [5, 5.41) is 4.17. The highest BCUT2D eigenvalue weighted by Crippen LogP contribution is 2.20. The number of pyridine rings is 1. The Bertz CT molecular complexity index is 849. The molecule has 0 bridgehead atoms. The summed E-state index contributed by atoms with van der Waals surface area (Å²) in [7, 11) is 1.60. The van der Waals surface area contributed by atoms with E-state index in [1.54, 1.807) is 43.8 Å². The number of carbonyl (C=O) groups excluding carboxylic acids is 1. The minimum atomic E-state index is -0.0756. The smallest absolute Gasteiger partial charge is 0.187 e. The molecule has 114 valence electrons. The number of nitrogens with zero attached hydrogens (tertiary/aromatic N) is 1. The maximum absolute atomic E-state index is 12.1. The summed E-state index contributed by atoms with van der Waals surface area (Å²) in [5.41, 5.74) is 2.35. The molecule has 0 radical (unpaired) electrons. The molecule has 0 spiro atoms. The van der Waals surface area contributed by atoms with Crippen molar-refractivity contribution in [2.24, 2.45) is 0 Å². The lowest BCUT2D eigenvalue weighted by Gasteiger charge is -2.04. The minimum Gasteiger partial charge on any atom is -0.497 e. The van der Waals surface area contributed by atoms with Gasteiger partial charge in [0.2, 0.25) is 0 Å². The van der Waals surface area contributed by atoms with Crippen LogP contribution < -0.4 is 10.1 Å². The molecule has 0 fully saturated rings. The van der Waals surface area contributed by atoms with E-state index in [9.17, 15) is 4.79 Å². The van der Waals surface area contributed by atoms with Gasteiger partial charge in [-0.25, -0.2) is 0 Å². The first-order valence-electron chi connectivity index (χ1n) is 7.23. The van der Waals surface area contributed by atoms with E-state index in [-0.39, 0.29) is 5.78 Å². The summed E-state index contributed by atoms with van der Waals surface area (Å²) in [6.45, 7) is 0. The van der Waals surface area contributed by atoms with Crippen LogP contribution in [0.1, 0.15) is 10.4 Å². The molecule has 1 heterocycles. The van der Waals surface area contributed by atoms with Crippen LogP contribution in [0.5, 0.6) is 5.75 Å². The van der Waals surface area contributed by atoms with Gasteiger partial charge in [-0.15, -0.1) is 0 Å². The Hall–Kier alpha value is -3.14. The molecule has 0 amide bonds. The molecule has 1 N–H and O–H groups in total. The van der Waals surface area contributed by atoms with Gasteiger partial charge in [0.1, 0.15) is 5.75 Å². The Labute approximate surface area is 134 Å². The molecule has 0 saturated heterocycles. The Morgan fingerprint density at radius 2 is 1.87 bits per heavy atom. The van der Waals surface area contributed by atoms with Gasteiger partial charge < -0.3 is 10.1 Å². The predicted octanol–water partition coefficient (Wildman–Crippen LogP) is 4.05. The number of fused-ring (bicyclic) bond motifs is 1. The van der Waals surface area contributed by atoms with Crippen molar-refractivity contribution in [2.75, 3.05) is 12.4 Å². The number of ether oxygens (including phenoxy) is 1. The number of anilines is 1. The fourth-order valence-electron chi connectivity index (χ4n) is 2.28. The summed E-state index contributed by atoms with van der Waals surface area (Å²) in [6.07, 6.45) is 4.89. The van der Waals surface area contributed by atoms with E-state index in [0.717, 1.165) is 22.3 Å². The lowest BCUT2D eigenvalue weighted by Crippen LogP contribution is -1.97. The molecule has 0 saturated carbocycles. The summed E-state index contributed by atoms with van der Waals surface area (Å²) in [5.74, 6) is 0.652. The van der Waals surface area contributed by atoms with Crippen molar-refractivity contribution >= 4 is 22.4 Å². The van der Waals surface area contributed by atoms with Crippen LogP contribution >= 0.6 is 0 Å². The van der Waals surface area contributed by atoms with Gasteiger partial charge in [0.15, 0.2) is 5.78 Å². The average Bonchev–Trinajstić information content (AvgIpc) is 2.62. The van der Waals surface area contributed by atoms with Crippen LogP contribution in [0.4, 0.5) is 5.69 Å². The monoisotopic (exact) mass is 304 g/mol. The third-order valence-electron chi connectivity index (χ3n) is 3.48. The molecule has 23 heavy (non-hydrogen) atoms. The lowest BCUT2D eigenvalue weighted by atomic mass is 10.1. The van der Waals surface area contributed by atoms with Gasteiger partial charge in [0.05, 0.1) is 18.3 Å². The third-order valence-corrected chi connectivity index (χ3v) is 3.48. The molecule has 0 aliphatic rings. The second-order valence-corrected chi connectivity index (χ2v) is 4.95. The van der Waals surface area contributed by atoms with Crippen molar-refractivity contribution in [3.8, 4) is 5.75 Å². The highest BCUT2D eigenvalue weighted by Gasteiger charge is 2.02. The molecular formula is C19H16N2O2.